The molecular formula is C23H20FN3O. The Kier molecular flexibility index (Phi) is 4.89. The Morgan fingerprint density at radius 2 is 1.79 bits per heavy atom. The van der Waals surface area contributed by atoms with Crippen LogP contribution in [0.5, 0.6) is 0 Å². The van der Waals surface area contributed by atoms with Crippen LogP contribution in [0.2, 0.25) is 0 Å². The summed E-state index contributed by atoms with van der Waals surface area (Å²) in [5.41, 5.74) is 4.25. The zero-order valence-electron chi connectivity index (χ0n) is 15.5. The van der Waals surface area contributed by atoms with Crippen LogP contribution in [0.4, 0.5) is 10.1 Å². The van der Waals surface area contributed by atoms with Gasteiger partial charge in [0.15, 0.2) is 0 Å². The molecule has 0 radical (unpaired) electrons. The number of para-hydroxylation sites is 3. The molecule has 0 atom stereocenters. The lowest BCUT2D eigenvalue weighted by Crippen LogP contribution is -2.14. The van der Waals surface area contributed by atoms with Crippen LogP contribution in [-0.2, 0) is 11.2 Å². The standard InChI is InChI=1S/C23H20FN3O/c1-16-15-17(24)11-12-19(16)26-23(28)14-13-22-25-20-9-5-6-10-21(20)27(22)18-7-3-2-4-8-18/h2-12,15H,13-14H2,1H3,(H,26,28). The topological polar surface area (TPSA) is 46.9 Å². The Labute approximate surface area is 162 Å². The van der Waals surface area contributed by atoms with Gasteiger partial charge in [0.2, 0.25) is 5.91 Å². The first kappa shape index (κ1) is 17.9. The van der Waals surface area contributed by atoms with Gasteiger partial charge in [-0.25, -0.2) is 9.37 Å². The highest BCUT2D eigenvalue weighted by atomic mass is 19.1. The molecule has 0 fully saturated rings. The number of carbonyl (C=O) groups excluding carboxylic acids is 1. The van der Waals surface area contributed by atoms with Gasteiger partial charge in [-0.2, -0.15) is 0 Å². The summed E-state index contributed by atoms with van der Waals surface area (Å²) in [6, 6.07) is 22.3. The van der Waals surface area contributed by atoms with Gasteiger partial charge in [-0.05, 0) is 55.0 Å². The fourth-order valence-corrected chi connectivity index (χ4v) is 3.31. The molecule has 4 aromatic rings. The molecule has 0 spiro atoms. The van der Waals surface area contributed by atoms with Gasteiger partial charge >= 0.3 is 0 Å². The van der Waals surface area contributed by atoms with Gasteiger partial charge in [-0.15, -0.1) is 0 Å². The average Bonchev–Trinajstić information content (AvgIpc) is 3.07. The molecule has 0 bridgehead atoms. The predicted octanol–water partition coefficient (Wildman–Crippen LogP) is 5.04. The second kappa shape index (κ2) is 7.64. The first-order valence-electron chi connectivity index (χ1n) is 9.19. The quantitative estimate of drug-likeness (QED) is 0.532. The van der Waals surface area contributed by atoms with E-state index in [1.807, 2.05) is 54.6 Å². The summed E-state index contributed by atoms with van der Waals surface area (Å²) in [6.45, 7) is 1.77. The molecule has 1 heterocycles. The Bertz CT molecular complexity index is 1140. The van der Waals surface area contributed by atoms with Crippen molar-refractivity contribution in [1.29, 1.82) is 0 Å². The van der Waals surface area contributed by atoms with Crippen LogP contribution in [-0.4, -0.2) is 15.5 Å². The van der Waals surface area contributed by atoms with E-state index in [-0.39, 0.29) is 18.1 Å². The maximum atomic E-state index is 13.2. The van der Waals surface area contributed by atoms with Crippen LogP contribution in [0.1, 0.15) is 17.8 Å². The number of carbonyl (C=O) groups is 1. The monoisotopic (exact) mass is 373 g/mol. The molecule has 0 saturated heterocycles. The van der Waals surface area contributed by atoms with E-state index in [1.54, 1.807) is 13.0 Å². The van der Waals surface area contributed by atoms with Gasteiger partial charge in [0.25, 0.3) is 0 Å². The third-order valence-electron chi connectivity index (χ3n) is 4.68. The zero-order valence-corrected chi connectivity index (χ0v) is 15.5. The van der Waals surface area contributed by atoms with Crippen LogP contribution in [0.25, 0.3) is 16.7 Å². The second-order valence-corrected chi connectivity index (χ2v) is 6.70. The lowest BCUT2D eigenvalue weighted by molar-refractivity contribution is -0.116. The smallest absolute Gasteiger partial charge is 0.224 e. The predicted molar refractivity (Wildman–Crippen MR) is 109 cm³/mol. The van der Waals surface area contributed by atoms with Crippen molar-refractivity contribution in [2.45, 2.75) is 19.8 Å². The highest BCUT2D eigenvalue weighted by Gasteiger charge is 2.14. The molecular weight excluding hydrogens is 353 g/mol. The van der Waals surface area contributed by atoms with Gasteiger partial charge in [-0.3, -0.25) is 9.36 Å². The molecule has 1 aromatic heterocycles. The minimum Gasteiger partial charge on any atom is -0.326 e. The molecule has 5 heteroatoms. The Balaban J connectivity index is 1.57. The van der Waals surface area contributed by atoms with Crippen LogP contribution in [0.3, 0.4) is 0 Å². The van der Waals surface area contributed by atoms with Crippen molar-refractivity contribution in [3.63, 3.8) is 0 Å². The van der Waals surface area contributed by atoms with Crippen molar-refractivity contribution in [3.8, 4) is 5.69 Å². The number of anilines is 1. The van der Waals surface area contributed by atoms with Crippen molar-refractivity contribution in [2.24, 2.45) is 0 Å². The number of fused-ring (bicyclic) bond motifs is 1. The van der Waals surface area contributed by atoms with Crippen LogP contribution >= 0.6 is 0 Å². The zero-order chi connectivity index (χ0) is 19.5. The Hall–Kier alpha value is -3.47. The lowest BCUT2D eigenvalue weighted by atomic mass is 10.2. The van der Waals surface area contributed by atoms with Crippen molar-refractivity contribution in [1.82, 2.24) is 9.55 Å². The number of amides is 1. The normalized spacial score (nSPS) is 10.9. The minimum absolute atomic E-state index is 0.124. The molecule has 4 nitrogen and oxygen atoms in total. The summed E-state index contributed by atoms with van der Waals surface area (Å²) in [5, 5.41) is 2.86. The summed E-state index contributed by atoms with van der Waals surface area (Å²) < 4.78 is 15.3. The van der Waals surface area contributed by atoms with Gasteiger partial charge in [0, 0.05) is 24.2 Å². The number of hydrogen-bond donors (Lipinski definition) is 1. The fraction of sp³-hybridized carbons (Fsp3) is 0.130. The number of nitrogens with one attached hydrogen (secondary N) is 1. The van der Waals surface area contributed by atoms with E-state index >= 15 is 0 Å². The van der Waals surface area contributed by atoms with E-state index in [4.69, 9.17) is 4.98 Å². The highest BCUT2D eigenvalue weighted by Crippen LogP contribution is 2.22. The maximum absolute atomic E-state index is 13.2. The number of hydrogen-bond acceptors (Lipinski definition) is 2. The Morgan fingerprint density at radius 3 is 2.57 bits per heavy atom. The molecule has 1 N–H and O–H groups in total. The summed E-state index contributed by atoms with van der Waals surface area (Å²) in [6.07, 6.45) is 0.780. The molecule has 1 amide bonds. The molecule has 28 heavy (non-hydrogen) atoms. The van der Waals surface area contributed by atoms with Crippen LogP contribution in [0.15, 0.2) is 72.8 Å². The number of aromatic nitrogens is 2. The molecule has 0 aliphatic rings. The van der Waals surface area contributed by atoms with Crippen molar-refractivity contribution >= 4 is 22.6 Å². The van der Waals surface area contributed by atoms with Crippen LogP contribution < -0.4 is 5.32 Å². The van der Waals surface area contributed by atoms with Crippen molar-refractivity contribution in [2.75, 3.05) is 5.32 Å². The molecule has 140 valence electrons. The van der Waals surface area contributed by atoms with E-state index in [2.05, 4.69) is 9.88 Å². The fourth-order valence-electron chi connectivity index (χ4n) is 3.31. The van der Waals surface area contributed by atoms with E-state index in [0.717, 1.165) is 22.5 Å². The third kappa shape index (κ3) is 3.64. The molecule has 4 rings (SSSR count). The van der Waals surface area contributed by atoms with E-state index < -0.39 is 0 Å². The average molecular weight is 373 g/mol. The minimum atomic E-state index is -0.313. The summed E-state index contributed by atoms with van der Waals surface area (Å²) >= 11 is 0. The van der Waals surface area contributed by atoms with Gasteiger partial charge < -0.3 is 5.32 Å². The number of nitrogens with zero attached hydrogens (tertiary/aromatic N) is 2. The third-order valence-corrected chi connectivity index (χ3v) is 4.68. The van der Waals surface area contributed by atoms with Crippen LogP contribution in [0, 0.1) is 12.7 Å². The maximum Gasteiger partial charge on any atom is 0.224 e. The highest BCUT2D eigenvalue weighted by molar-refractivity contribution is 5.91. The lowest BCUT2D eigenvalue weighted by Gasteiger charge is -2.10. The first-order valence-corrected chi connectivity index (χ1v) is 9.19. The summed E-state index contributed by atoms with van der Waals surface area (Å²) in [5.74, 6) is 0.395. The molecule has 0 unspecified atom stereocenters. The first-order chi connectivity index (χ1) is 13.6. The van der Waals surface area contributed by atoms with Gasteiger partial charge in [-0.1, -0.05) is 30.3 Å². The van der Waals surface area contributed by atoms with E-state index in [1.165, 1.54) is 12.1 Å². The summed E-state index contributed by atoms with van der Waals surface area (Å²) in [7, 11) is 0. The van der Waals surface area contributed by atoms with E-state index in [9.17, 15) is 9.18 Å². The van der Waals surface area contributed by atoms with Crippen molar-refractivity contribution in [3.05, 3.63) is 90.0 Å². The van der Waals surface area contributed by atoms with E-state index in [0.29, 0.717) is 17.7 Å². The van der Waals surface area contributed by atoms with Crippen molar-refractivity contribution < 1.29 is 9.18 Å². The number of benzene rings is 3. The Morgan fingerprint density at radius 1 is 1.04 bits per heavy atom. The number of aryl methyl sites for hydroxylation is 2. The van der Waals surface area contributed by atoms with Gasteiger partial charge in [0.05, 0.1) is 11.0 Å². The SMILES string of the molecule is Cc1cc(F)ccc1NC(=O)CCc1nc2ccccc2n1-c1ccccc1. The number of rotatable bonds is 5. The van der Waals surface area contributed by atoms with Gasteiger partial charge in [0.1, 0.15) is 11.6 Å². The summed E-state index contributed by atoms with van der Waals surface area (Å²) in [4.78, 5) is 17.2. The number of imidazole rings is 1. The molecule has 0 saturated carbocycles. The molecule has 0 aliphatic heterocycles. The largest absolute Gasteiger partial charge is 0.326 e. The molecule has 3 aromatic carbocycles. The number of halogens is 1. The molecule has 0 aliphatic carbocycles. The second-order valence-electron chi connectivity index (χ2n) is 6.70.